The fourth-order valence-electron chi connectivity index (χ4n) is 1.55. The van der Waals surface area contributed by atoms with Crippen molar-refractivity contribution in [2.24, 2.45) is 5.92 Å². The van der Waals surface area contributed by atoms with Crippen LogP contribution in [0.2, 0.25) is 0 Å². The molecule has 4 nitrogen and oxygen atoms in total. The zero-order chi connectivity index (χ0) is 13.9. The van der Waals surface area contributed by atoms with Gasteiger partial charge in [-0.1, -0.05) is 6.92 Å². The number of nitrogens with zero attached hydrogens (tertiary/aromatic N) is 1. The molecule has 0 fully saturated rings. The second kappa shape index (κ2) is 5.66. The van der Waals surface area contributed by atoms with Gasteiger partial charge in [-0.2, -0.15) is 0 Å². The molecule has 6 heteroatoms. The monoisotopic (exact) mass is 259 g/mol. The molecule has 1 unspecified atom stereocenters. The first-order chi connectivity index (χ1) is 8.36. The van der Waals surface area contributed by atoms with Gasteiger partial charge in [0.1, 0.15) is 5.82 Å². The van der Waals surface area contributed by atoms with E-state index in [1.807, 2.05) is 0 Å². The molecule has 1 aromatic rings. The number of carbonyl (C=O) groups is 1. The Labute approximate surface area is 104 Å². The minimum absolute atomic E-state index is 0.00130. The Morgan fingerprint density at radius 3 is 2.56 bits per heavy atom. The van der Waals surface area contributed by atoms with Gasteiger partial charge in [-0.05, 0) is 0 Å². The number of rotatable bonds is 5. The van der Waals surface area contributed by atoms with E-state index in [9.17, 15) is 13.6 Å². The van der Waals surface area contributed by atoms with Gasteiger partial charge in [0.2, 0.25) is 0 Å². The molecule has 0 aromatic heterocycles. The van der Waals surface area contributed by atoms with Crippen molar-refractivity contribution in [1.82, 2.24) is 0 Å². The molecule has 0 aliphatic rings. The van der Waals surface area contributed by atoms with E-state index in [0.717, 1.165) is 12.1 Å². The molecular formula is C12H15F2NO3. The van der Waals surface area contributed by atoms with Gasteiger partial charge in [0, 0.05) is 25.7 Å². The van der Waals surface area contributed by atoms with E-state index in [4.69, 9.17) is 5.11 Å². The maximum atomic E-state index is 13.7. The average molecular weight is 259 g/mol. The van der Waals surface area contributed by atoms with Gasteiger partial charge in [0.05, 0.1) is 18.7 Å². The summed E-state index contributed by atoms with van der Waals surface area (Å²) in [6.45, 7) is 1.58. The van der Waals surface area contributed by atoms with Crippen molar-refractivity contribution >= 4 is 11.7 Å². The first-order valence-corrected chi connectivity index (χ1v) is 5.33. The van der Waals surface area contributed by atoms with E-state index in [0.29, 0.717) is 0 Å². The molecular weight excluding hydrogens is 244 g/mol. The first-order valence-electron chi connectivity index (χ1n) is 5.33. The third kappa shape index (κ3) is 3.09. The minimum atomic E-state index is -0.990. The van der Waals surface area contributed by atoms with Crippen LogP contribution in [0.1, 0.15) is 6.92 Å². The zero-order valence-electron chi connectivity index (χ0n) is 10.4. The van der Waals surface area contributed by atoms with E-state index in [1.165, 1.54) is 26.0 Å². The van der Waals surface area contributed by atoms with Gasteiger partial charge in [-0.25, -0.2) is 8.78 Å². The molecule has 1 N–H and O–H groups in total. The number of hydrogen-bond donors (Lipinski definition) is 1. The van der Waals surface area contributed by atoms with Crippen LogP contribution in [0.15, 0.2) is 12.1 Å². The van der Waals surface area contributed by atoms with Gasteiger partial charge < -0.3 is 14.7 Å². The fraction of sp³-hybridized carbons (Fsp3) is 0.417. The summed E-state index contributed by atoms with van der Waals surface area (Å²) in [5.74, 6) is -3.20. The van der Waals surface area contributed by atoms with Gasteiger partial charge >= 0.3 is 5.97 Å². The lowest BCUT2D eigenvalue weighted by molar-refractivity contribution is -0.140. The van der Waals surface area contributed by atoms with Crippen molar-refractivity contribution in [1.29, 1.82) is 0 Å². The largest absolute Gasteiger partial charge is 0.494 e. The topological polar surface area (TPSA) is 49.8 Å². The number of benzene rings is 1. The molecule has 0 saturated carbocycles. The molecule has 0 aliphatic carbocycles. The van der Waals surface area contributed by atoms with Gasteiger partial charge in [0.25, 0.3) is 0 Å². The van der Waals surface area contributed by atoms with Gasteiger partial charge in [-0.3, -0.25) is 4.79 Å². The Balaban J connectivity index is 2.96. The zero-order valence-corrected chi connectivity index (χ0v) is 10.4. The molecule has 0 spiro atoms. The Bertz CT molecular complexity index is 451. The van der Waals surface area contributed by atoms with Crippen molar-refractivity contribution in [3.05, 3.63) is 23.8 Å². The quantitative estimate of drug-likeness (QED) is 0.880. The van der Waals surface area contributed by atoms with Crippen LogP contribution in [0.3, 0.4) is 0 Å². The molecule has 0 radical (unpaired) electrons. The molecule has 0 aliphatic heterocycles. The number of methoxy groups -OCH3 is 1. The molecule has 0 bridgehead atoms. The number of aliphatic carboxylic acids is 1. The first kappa shape index (κ1) is 14.2. The van der Waals surface area contributed by atoms with Crippen LogP contribution in [-0.2, 0) is 4.79 Å². The van der Waals surface area contributed by atoms with Gasteiger partial charge in [0.15, 0.2) is 11.6 Å². The molecule has 0 saturated heterocycles. The summed E-state index contributed by atoms with van der Waals surface area (Å²) < 4.78 is 31.8. The predicted octanol–water partition coefficient (Wildman–Crippen LogP) is 2.13. The lowest BCUT2D eigenvalue weighted by Crippen LogP contribution is -2.29. The number of carboxylic acids is 1. The summed E-state index contributed by atoms with van der Waals surface area (Å²) >= 11 is 0. The van der Waals surface area contributed by atoms with Crippen molar-refractivity contribution < 1.29 is 23.4 Å². The summed E-state index contributed by atoms with van der Waals surface area (Å²) in [6.07, 6.45) is 0. The standard InChI is InChI=1S/C12H15F2NO3/c1-7(12(16)17)6-15(2)10-4-9(14)11(18-3)5-8(10)13/h4-5,7H,6H2,1-3H3,(H,16,17). The van der Waals surface area contributed by atoms with Crippen molar-refractivity contribution in [2.75, 3.05) is 25.6 Å². The van der Waals surface area contributed by atoms with E-state index >= 15 is 0 Å². The van der Waals surface area contributed by atoms with E-state index in [1.54, 1.807) is 0 Å². The molecule has 0 amide bonds. The van der Waals surface area contributed by atoms with Crippen molar-refractivity contribution in [3.63, 3.8) is 0 Å². The Morgan fingerprint density at radius 2 is 2.06 bits per heavy atom. The van der Waals surface area contributed by atoms with Crippen LogP contribution < -0.4 is 9.64 Å². The van der Waals surface area contributed by atoms with Crippen LogP contribution in [0, 0.1) is 17.6 Å². The lowest BCUT2D eigenvalue weighted by Gasteiger charge is -2.22. The third-order valence-corrected chi connectivity index (χ3v) is 2.60. The SMILES string of the molecule is COc1cc(F)c(N(C)CC(C)C(=O)O)cc1F. The molecule has 0 heterocycles. The Kier molecular flexibility index (Phi) is 4.47. The highest BCUT2D eigenvalue weighted by atomic mass is 19.1. The number of ether oxygens (including phenoxy) is 1. The third-order valence-electron chi connectivity index (χ3n) is 2.60. The number of hydrogen-bond acceptors (Lipinski definition) is 3. The minimum Gasteiger partial charge on any atom is -0.494 e. The van der Waals surface area contributed by atoms with Gasteiger partial charge in [-0.15, -0.1) is 0 Å². The smallest absolute Gasteiger partial charge is 0.308 e. The van der Waals surface area contributed by atoms with E-state index in [-0.39, 0.29) is 18.0 Å². The van der Waals surface area contributed by atoms with Crippen LogP contribution in [0.25, 0.3) is 0 Å². The summed E-state index contributed by atoms with van der Waals surface area (Å²) in [5, 5.41) is 8.77. The molecule has 1 aromatic carbocycles. The predicted molar refractivity (Wildman–Crippen MR) is 63.0 cm³/mol. The van der Waals surface area contributed by atoms with Crippen LogP contribution >= 0.6 is 0 Å². The number of halogens is 2. The Morgan fingerprint density at radius 1 is 1.44 bits per heavy atom. The summed E-state index contributed by atoms with van der Waals surface area (Å²) in [7, 11) is 2.75. The molecule has 1 rings (SSSR count). The Hall–Kier alpha value is -1.85. The van der Waals surface area contributed by atoms with Crippen LogP contribution in [0.4, 0.5) is 14.5 Å². The fourth-order valence-corrected chi connectivity index (χ4v) is 1.55. The maximum Gasteiger partial charge on any atom is 0.308 e. The average Bonchev–Trinajstić information content (AvgIpc) is 2.31. The molecule has 1 atom stereocenters. The van der Waals surface area contributed by atoms with E-state index in [2.05, 4.69) is 4.74 Å². The van der Waals surface area contributed by atoms with Crippen molar-refractivity contribution in [3.8, 4) is 5.75 Å². The summed E-state index contributed by atoms with van der Waals surface area (Å²) in [5.41, 5.74) is 0.00130. The summed E-state index contributed by atoms with van der Waals surface area (Å²) in [4.78, 5) is 12.1. The lowest BCUT2D eigenvalue weighted by atomic mass is 10.1. The number of anilines is 1. The summed E-state index contributed by atoms with van der Waals surface area (Å²) in [6, 6.07) is 1.93. The number of carboxylic acid groups (broad SMARTS) is 1. The second-order valence-electron chi connectivity index (χ2n) is 4.06. The van der Waals surface area contributed by atoms with Crippen molar-refractivity contribution in [2.45, 2.75) is 6.92 Å². The highest BCUT2D eigenvalue weighted by Gasteiger charge is 2.18. The molecule has 18 heavy (non-hydrogen) atoms. The molecule has 100 valence electrons. The normalized spacial score (nSPS) is 12.1. The highest BCUT2D eigenvalue weighted by Crippen LogP contribution is 2.27. The van der Waals surface area contributed by atoms with Crippen LogP contribution in [0.5, 0.6) is 5.75 Å². The van der Waals surface area contributed by atoms with Crippen LogP contribution in [-0.4, -0.2) is 31.8 Å². The second-order valence-corrected chi connectivity index (χ2v) is 4.06. The van der Waals surface area contributed by atoms with E-state index < -0.39 is 23.5 Å². The highest BCUT2D eigenvalue weighted by molar-refractivity contribution is 5.70. The maximum absolute atomic E-state index is 13.7.